The molecule has 1 aromatic heterocycles. The van der Waals surface area contributed by atoms with Crippen LogP contribution in [0.5, 0.6) is 0 Å². The summed E-state index contributed by atoms with van der Waals surface area (Å²) in [6.45, 7) is 1.85. The van der Waals surface area contributed by atoms with Crippen molar-refractivity contribution < 1.29 is 13.9 Å². The molecular weight excluding hydrogens is 284 g/mol. The molecule has 0 aromatic carbocycles. The number of hydrogen-bond acceptors (Lipinski definition) is 3. The SMILES string of the molecule is COC(=O)C(C)Cc1cc2c(o1)CCC(Br)=C2. The lowest BCUT2D eigenvalue weighted by molar-refractivity contribution is -0.144. The molecule has 17 heavy (non-hydrogen) atoms. The van der Waals surface area contributed by atoms with E-state index in [4.69, 9.17) is 9.15 Å². The van der Waals surface area contributed by atoms with Crippen LogP contribution in [0.4, 0.5) is 0 Å². The molecular formula is C13H15BrO3. The lowest BCUT2D eigenvalue weighted by Crippen LogP contribution is -2.14. The van der Waals surface area contributed by atoms with E-state index in [2.05, 4.69) is 22.0 Å². The summed E-state index contributed by atoms with van der Waals surface area (Å²) in [6.07, 6.45) is 4.56. The zero-order chi connectivity index (χ0) is 12.4. The van der Waals surface area contributed by atoms with Gasteiger partial charge in [-0.05, 0) is 23.0 Å². The van der Waals surface area contributed by atoms with Gasteiger partial charge in [-0.2, -0.15) is 0 Å². The summed E-state index contributed by atoms with van der Waals surface area (Å²) in [5.74, 6) is 1.50. The number of furan rings is 1. The Morgan fingerprint density at radius 1 is 1.59 bits per heavy atom. The summed E-state index contributed by atoms with van der Waals surface area (Å²) in [5, 5.41) is 0. The van der Waals surface area contributed by atoms with Gasteiger partial charge in [0.15, 0.2) is 0 Å². The molecule has 1 heterocycles. The molecule has 1 aliphatic carbocycles. The molecule has 2 rings (SSSR count). The Bertz CT molecular complexity index is 459. The van der Waals surface area contributed by atoms with Crippen LogP contribution in [0.2, 0.25) is 0 Å². The molecule has 0 bridgehead atoms. The fraction of sp³-hybridized carbons (Fsp3) is 0.462. The van der Waals surface area contributed by atoms with Crippen molar-refractivity contribution in [2.24, 2.45) is 5.92 Å². The van der Waals surface area contributed by atoms with Gasteiger partial charge in [0.1, 0.15) is 11.5 Å². The molecule has 0 saturated heterocycles. The summed E-state index contributed by atoms with van der Waals surface area (Å²) < 4.78 is 11.6. The first kappa shape index (κ1) is 12.4. The summed E-state index contributed by atoms with van der Waals surface area (Å²) >= 11 is 3.50. The van der Waals surface area contributed by atoms with Crippen LogP contribution < -0.4 is 0 Å². The highest BCUT2D eigenvalue weighted by Crippen LogP contribution is 2.30. The Labute approximate surface area is 109 Å². The minimum atomic E-state index is -0.198. The highest BCUT2D eigenvalue weighted by Gasteiger charge is 2.19. The first-order valence-electron chi connectivity index (χ1n) is 5.65. The minimum absolute atomic E-state index is 0.167. The summed E-state index contributed by atoms with van der Waals surface area (Å²) in [5.41, 5.74) is 1.12. The van der Waals surface area contributed by atoms with Gasteiger partial charge in [0.05, 0.1) is 13.0 Å². The summed E-state index contributed by atoms with van der Waals surface area (Å²) in [7, 11) is 1.41. The predicted octanol–water partition coefficient (Wildman–Crippen LogP) is 3.31. The van der Waals surface area contributed by atoms with Crippen molar-refractivity contribution in [2.75, 3.05) is 7.11 Å². The van der Waals surface area contributed by atoms with Crippen LogP contribution in [0.15, 0.2) is 15.0 Å². The maximum Gasteiger partial charge on any atom is 0.308 e. The number of fused-ring (bicyclic) bond motifs is 1. The molecule has 1 unspecified atom stereocenters. The van der Waals surface area contributed by atoms with Crippen molar-refractivity contribution in [3.63, 3.8) is 0 Å². The van der Waals surface area contributed by atoms with Crippen LogP contribution in [0.25, 0.3) is 6.08 Å². The van der Waals surface area contributed by atoms with Gasteiger partial charge in [0.25, 0.3) is 0 Å². The van der Waals surface area contributed by atoms with E-state index in [0.717, 1.165) is 29.9 Å². The maximum absolute atomic E-state index is 11.3. The van der Waals surface area contributed by atoms with E-state index < -0.39 is 0 Å². The van der Waals surface area contributed by atoms with Crippen molar-refractivity contribution in [2.45, 2.75) is 26.2 Å². The normalized spacial score (nSPS) is 16.1. The Morgan fingerprint density at radius 3 is 3.06 bits per heavy atom. The first-order chi connectivity index (χ1) is 8.10. The van der Waals surface area contributed by atoms with Gasteiger partial charge >= 0.3 is 5.97 Å². The van der Waals surface area contributed by atoms with Crippen LogP contribution >= 0.6 is 15.9 Å². The van der Waals surface area contributed by atoms with E-state index in [9.17, 15) is 4.79 Å². The van der Waals surface area contributed by atoms with Crippen LogP contribution in [0.3, 0.4) is 0 Å². The van der Waals surface area contributed by atoms with Gasteiger partial charge in [-0.3, -0.25) is 4.79 Å². The zero-order valence-electron chi connectivity index (χ0n) is 9.96. The fourth-order valence-electron chi connectivity index (χ4n) is 1.98. The fourth-order valence-corrected chi connectivity index (χ4v) is 2.42. The zero-order valence-corrected chi connectivity index (χ0v) is 11.5. The molecule has 0 saturated carbocycles. The third-order valence-corrected chi connectivity index (χ3v) is 3.53. The quantitative estimate of drug-likeness (QED) is 0.804. The number of aryl methyl sites for hydroxylation is 1. The lowest BCUT2D eigenvalue weighted by Gasteiger charge is -2.06. The topological polar surface area (TPSA) is 39.4 Å². The third-order valence-electron chi connectivity index (χ3n) is 2.91. The van der Waals surface area contributed by atoms with Crippen LogP contribution in [-0.4, -0.2) is 13.1 Å². The highest BCUT2D eigenvalue weighted by atomic mass is 79.9. The standard InChI is InChI=1S/C13H15BrO3/c1-8(13(15)16-2)5-11-7-9-6-10(14)3-4-12(9)17-11/h6-8H,3-5H2,1-2H3. The van der Waals surface area contributed by atoms with Gasteiger partial charge in [-0.1, -0.05) is 22.9 Å². The number of methoxy groups -OCH3 is 1. The Kier molecular flexibility index (Phi) is 3.72. The highest BCUT2D eigenvalue weighted by molar-refractivity contribution is 9.11. The third kappa shape index (κ3) is 2.80. The second-order valence-corrected chi connectivity index (χ2v) is 5.33. The molecule has 1 aliphatic rings. The number of halogens is 1. The Balaban J connectivity index is 2.11. The van der Waals surface area contributed by atoms with Gasteiger partial charge in [0.2, 0.25) is 0 Å². The average Bonchev–Trinajstić information content (AvgIpc) is 2.69. The van der Waals surface area contributed by atoms with E-state index in [-0.39, 0.29) is 11.9 Å². The number of ether oxygens (including phenoxy) is 1. The predicted molar refractivity (Wildman–Crippen MR) is 68.8 cm³/mol. The summed E-state index contributed by atoms with van der Waals surface area (Å²) in [6, 6.07) is 2.01. The molecule has 0 aliphatic heterocycles. The monoisotopic (exact) mass is 298 g/mol. The van der Waals surface area contributed by atoms with Gasteiger partial charge in [-0.15, -0.1) is 0 Å². The number of carbonyl (C=O) groups is 1. The van der Waals surface area contributed by atoms with E-state index in [1.807, 2.05) is 13.0 Å². The molecule has 1 aromatic rings. The van der Waals surface area contributed by atoms with Crippen molar-refractivity contribution in [1.82, 2.24) is 0 Å². The molecule has 1 atom stereocenters. The Morgan fingerprint density at radius 2 is 2.35 bits per heavy atom. The number of hydrogen-bond donors (Lipinski definition) is 0. The summed E-state index contributed by atoms with van der Waals surface area (Å²) in [4.78, 5) is 11.3. The van der Waals surface area contributed by atoms with Crippen molar-refractivity contribution in [3.05, 3.63) is 27.6 Å². The van der Waals surface area contributed by atoms with Crippen LogP contribution in [-0.2, 0) is 22.4 Å². The molecule has 92 valence electrons. The van der Waals surface area contributed by atoms with E-state index in [1.165, 1.54) is 11.6 Å². The molecule has 0 spiro atoms. The Hall–Kier alpha value is -1.03. The number of allylic oxidation sites excluding steroid dienone is 1. The number of carbonyl (C=O) groups excluding carboxylic acids is 1. The molecule has 4 heteroatoms. The number of esters is 1. The van der Waals surface area contributed by atoms with Crippen molar-refractivity contribution in [1.29, 1.82) is 0 Å². The second-order valence-electron chi connectivity index (χ2n) is 4.31. The van der Waals surface area contributed by atoms with Crippen molar-refractivity contribution >= 4 is 28.0 Å². The largest absolute Gasteiger partial charge is 0.469 e. The van der Waals surface area contributed by atoms with Crippen molar-refractivity contribution in [3.8, 4) is 0 Å². The van der Waals surface area contributed by atoms with E-state index in [0.29, 0.717) is 6.42 Å². The van der Waals surface area contributed by atoms with E-state index >= 15 is 0 Å². The molecule has 3 nitrogen and oxygen atoms in total. The van der Waals surface area contributed by atoms with Gasteiger partial charge in [0, 0.05) is 18.4 Å². The van der Waals surface area contributed by atoms with Gasteiger partial charge in [-0.25, -0.2) is 0 Å². The van der Waals surface area contributed by atoms with Crippen LogP contribution in [0.1, 0.15) is 30.4 Å². The smallest absolute Gasteiger partial charge is 0.308 e. The van der Waals surface area contributed by atoms with Gasteiger partial charge < -0.3 is 9.15 Å². The molecule has 0 N–H and O–H groups in total. The minimum Gasteiger partial charge on any atom is -0.469 e. The average molecular weight is 299 g/mol. The lowest BCUT2D eigenvalue weighted by atomic mass is 10.0. The number of rotatable bonds is 3. The molecule has 0 amide bonds. The maximum atomic E-state index is 11.3. The first-order valence-corrected chi connectivity index (χ1v) is 6.45. The molecule has 0 radical (unpaired) electrons. The van der Waals surface area contributed by atoms with E-state index in [1.54, 1.807) is 0 Å². The second kappa shape index (κ2) is 5.08. The molecule has 0 fully saturated rings. The van der Waals surface area contributed by atoms with Crippen LogP contribution in [0, 0.1) is 5.92 Å².